The minimum atomic E-state index is -0.190. The van der Waals surface area contributed by atoms with Crippen LogP contribution < -0.4 is 0 Å². The van der Waals surface area contributed by atoms with Crippen molar-refractivity contribution in [1.82, 2.24) is 0 Å². The van der Waals surface area contributed by atoms with Crippen molar-refractivity contribution in [1.29, 1.82) is 0 Å². The van der Waals surface area contributed by atoms with Gasteiger partial charge in [0, 0.05) is 16.5 Å². The average molecular weight is 251 g/mol. The molecule has 0 heterocycles. The lowest BCUT2D eigenvalue weighted by Crippen LogP contribution is -2.12. The van der Waals surface area contributed by atoms with Gasteiger partial charge in [-0.3, -0.25) is 0 Å². The smallest absolute Gasteiger partial charge is 0.334 e. The van der Waals surface area contributed by atoms with Crippen LogP contribution in [0, 0.1) is 0 Å². The molecule has 1 aliphatic rings. The number of hydrogen-bond donors (Lipinski definition) is 0. The molecule has 3 heteroatoms. The fourth-order valence-corrected chi connectivity index (χ4v) is 2.31. The summed E-state index contributed by atoms with van der Waals surface area (Å²) in [6.07, 6.45) is 3.88. The molecule has 1 aliphatic carbocycles. The third-order valence-corrected chi connectivity index (χ3v) is 3.23. The molecule has 90 valence electrons. The first kappa shape index (κ1) is 12.2. The maximum absolute atomic E-state index is 11.8. The molecule has 0 N–H and O–H groups in total. The Balaban J connectivity index is 2.19. The van der Waals surface area contributed by atoms with Gasteiger partial charge >= 0.3 is 5.97 Å². The maximum atomic E-state index is 11.8. The van der Waals surface area contributed by atoms with Crippen molar-refractivity contribution in [2.24, 2.45) is 0 Å². The summed E-state index contributed by atoms with van der Waals surface area (Å²) in [6, 6.07) is 7.67. The fraction of sp³-hybridized carbons (Fsp3) is 0.357. The zero-order chi connectivity index (χ0) is 12.3. The molecule has 0 saturated heterocycles. The van der Waals surface area contributed by atoms with Crippen LogP contribution in [0.25, 0.3) is 0 Å². The van der Waals surface area contributed by atoms with E-state index in [1.165, 1.54) is 0 Å². The molecule has 2 rings (SSSR count). The lowest BCUT2D eigenvalue weighted by Gasteiger charge is -2.14. The van der Waals surface area contributed by atoms with Crippen LogP contribution in [-0.2, 0) is 9.53 Å². The Morgan fingerprint density at radius 1 is 1.41 bits per heavy atom. The molecule has 2 nitrogen and oxygen atoms in total. The van der Waals surface area contributed by atoms with Crippen molar-refractivity contribution >= 4 is 17.6 Å². The van der Waals surface area contributed by atoms with Gasteiger partial charge in [0.05, 0.1) is 6.61 Å². The predicted molar refractivity (Wildman–Crippen MR) is 68.1 cm³/mol. The van der Waals surface area contributed by atoms with Gasteiger partial charge in [-0.1, -0.05) is 29.8 Å². The number of esters is 1. The van der Waals surface area contributed by atoms with E-state index in [0.717, 1.165) is 24.0 Å². The first-order chi connectivity index (χ1) is 8.22. The van der Waals surface area contributed by atoms with E-state index in [9.17, 15) is 4.79 Å². The molecule has 0 radical (unpaired) electrons. The summed E-state index contributed by atoms with van der Waals surface area (Å²) in [5.41, 5.74) is 1.92. The van der Waals surface area contributed by atoms with Crippen molar-refractivity contribution in [2.45, 2.75) is 25.7 Å². The second-order valence-corrected chi connectivity index (χ2v) is 4.50. The van der Waals surface area contributed by atoms with Crippen LogP contribution in [0.5, 0.6) is 0 Å². The van der Waals surface area contributed by atoms with E-state index in [4.69, 9.17) is 16.3 Å². The number of halogens is 1. The van der Waals surface area contributed by atoms with E-state index >= 15 is 0 Å². The lowest BCUT2D eigenvalue weighted by molar-refractivity contribution is -0.138. The molecule has 0 bridgehead atoms. The monoisotopic (exact) mass is 250 g/mol. The normalized spacial score (nSPS) is 18.9. The average Bonchev–Trinajstić information content (AvgIpc) is 2.79. The van der Waals surface area contributed by atoms with Crippen LogP contribution in [0.3, 0.4) is 0 Å². The van der Waals surface area contributed by atoms with E-state index in [2.05, 4.69) is 0 Å². The highest BCUT2D eigenvalue weighted by atomic mass is 35.5. The van der Waals surface area contributed by atoms with Gasteiger partial charge in [-0.15, -0.1) is 0 Å². The van der Waals surface area contributed by atoms with Crippen LogP contribution in [0.4, 0.5) is 0 Å². The van der Waals surface area contributed by atoms with Crippen molar-refractivity contribution < 1.29 is 9.53 Å². The third-order valence-electron chi connectivity index (χ3n) is 2.98. The molecule has 1 atom stereocenters. The molecule has 17 heavy (non-hydrogen) atoms. The molecule has 0 aromatic heterocycles. The number of rotatable bonds is 3. The second kappa shape index (κ2) is 5.37. The molecule has 1 unspecified atom stereocenters. The number of ether oxygens (including phenoxy) is 1. The van der Waals surface area contributed by atoms with Crippen molar-refractivity contribution in [3.8, 4) is 0 Å². The van der Waals surface area contributed by atoms with Gasteiger partial charge in [0.25, 0.3) is 0 Å². The van der Waals surface area contributed by atoms with Gasteiger partial charge in [0.15, 0.2) is 0 Å². The first-order valence-electron chi connectivity index (χ1n) is 5.85. The van der Waals surface area contributed by atoms with Gasteiger partial charge in [-0.2, -0.15) is 0 Å². The van der Waals surface area contributed by atoms with Crippen LogP contribution in [0.15, 0.2) is 35.9 Å². The maximum Gasteiger partial charge on any atom is 0.334 e. The highest BCUT2D eigenvalue weighted by molar-refractivity contribution is 6.30. The second-order valence-electron chi connectivity index (χ2n) is 4.06. The third kappa shape index (κ3) is 2.70. The lowest BCUT2D eigenvalue weighted by atomic mass is 9.93. The number of benzene rings is 1. The number of carbonyl (C=O) groups is 1. The van der Waals surface area contributed by atoms with Gasteiger partial charge in [-0.25, -0.2) is 4.79 Å². The van der Waals surface area contributed by atoms with E-state index in [1.54, 1.807) is 0 Å². The fourth-order valence-electron chi connectivity index (χ4n) is 2.18. The zero-order valence-corrected chi connectivity index (χ0v) is 10.5. The number of allylic oxidation sites excluding steroid dienone is 1. The Hall–Kier alpha value is -1.28. The summed E-state index contributed by atoms with van der Waals surface area (Å²) in [5, 5.41) is 0.716. The number of carbonyl (C=O) groups excluding carboxylic acids is 1. The van der Waals surface area contributed by atoms with Gasteiger partial charge in [0.2, 0.25) is 0 Å². The highest BCUT2D eigenvalue weighted by Crippen LogP contribution is 2.36. The Kier molecular flexibility index (Phi) is 3.85. The van der Waals surface area contributed by atoms with E-state index < -0.39 is 0 Å². The summed E-state index contributed by atoms with van der Waals surface area (Å²) in [6.45, 7) is 2.24. The molecule has 0 aliphatic heterocycles. The highest BCUT2D eigenvalue weighted by Gasteiger charge is 2.27. The van der Waals surface area contributed by atoms with Crippen LogP contribution in [0.2, 0.25) is 5.02 Å². The van der Waals surface area contributed by atoms with Crippen LogP contribution >= 0.6 is 11.6 Å². The largest absolute Gasteiger partial charge is 0.463 e. The number of hydrogen-bond acceptors (Lipinski definition) is 2. The summed E-state index contributed by atoms with van der Waals surface area (Å²) in [7, 11) is 0. The van der Waals surface area contributed by atoms with E-state index in [-0.39, 0.29) is 11.9 Å². The van der Waals surface area contributed by atoms with Crippen LogP contribution in [-0.4, -0.2) is 12.6 Å². The molecule has 1 aromatic rings. The molecule has 0 saturated carbocycles. The Morgan fingerprint density at radius 2 is 2.12 bits per heavy atom. The van der Waals surface area contributed by atoms with Crippen molar-refractivity contribution in [3.05, 3.63) is 46.5 Å². The Labute approximate surface area is 106 Å². The van der Waals surface area contributed by atoms with Gasteiger partial charge in [-0.05, 0) is 37.5 Å². The Bertz CT molecular complexity index is 434. The molecular formula is C14H15ClO2. The molecule has 1 aromatic carbocycles. The SMILES string of the molecule is CCOC(=O)C1=CCCC1c1ccc(Cl)cc1. The van der Waals surface area contributed by atoms with Gasteiger partial charge < -0.3 is 4.74 Å². The minimum Gasteiger partial charge on any atom is -0.463 e. The summed E-state index contributed by atoms with van der Waals surface area (Å²) < 4.78 is 5.07. The van der Waals surface area contributed by atoms with E-state index in [1.807, 2.05) is 37.3 Å². The summed E-state index contributed by atoms with van der Waals surface area (Å²) >= 11 is 5.86. The predicted octanol–water partition coefficient (Wildman–Crippen LogP) is 3.71. The van der Waals surface area contributed by atoms with Crippen molar-refractivity contribution in [3.63, 3.8) is 0 Å². The van der Waals surface area contributed by atoms with Crippen LogP contribution in [0.1, 0.15) is 31.2 Å². The zero-order valence-electron chi connectivity index (χ0n) is 9.78. The first-order valence-corrected chi connectivity index (χ1v) is 6.22. The molecular weight excluding hydrogens is 236 g/mol. The quantitative estimate of drug-likeness (QED) is 0.765. The Morgan fingerprint density at radius 3 is 2.76 bits per heavy atom. The standard InChI is InChI=1S/C14H15ClO2/c1-2-17-14(16)13-5-3-4-12(13)10-6-8-11(15)9-7-10/h5-9,12H,2-4H2,1H3. The topological polar surface area (TPSA) is 26.3 Å². The molecule has 0 fully saturated rings. The van der Waals surface area contributed by atoms with Crippen molar-refractivity contribution in [2.75, 3.05) is 6.61 Å². The molecule has 0 amide bonds. The summed E-state index contributed by atoms with van der Waals surface area (Å²) in [4.78, 5) is 11.8. The minimum absolute atomic E-state index is 0.159. The van der Waals surface area contributed by atoms with Gasteiger partial charge in [0.1, 0.15) is 0 Å². The summed E-state index contributed by atoms with van der Waals surface area (Å²) in [5.74, 6) is -0.0312. The molecule has 0 spiro atoms. The van der Waals surface area contributed by atoms with E-state index in [0.29, 0.717) is 11.6 Å².